The summed E-state index contributed by atoms with van der Waals surface area (Å²) in [6.07, 6.45) is 9.36. The van der Waals surface area contributed by atoms with E-state index < -0.39 is 0 Å². The summed E-state index contributed by atoms with van der Waals surface area (Å²) < 4.78 is 0. The molecule has 3 fully saturated rings. The number of carbonyl (C=O) groups is 1. The van der Waals surface area contributed by atoms with Crippen molar-refractivity contribution in [2.75, 3.05) is 19.6 Å². The van der Waals surface area contributed by atoms with Crippen LogP contribution < -0.4 is 10.6 Å². The minimum atomic E-state index is 0.100. The van der Waals surface area contributed by atoms with Crippen LogP contribution in [0.3, 0.4) is 0 Å². The lowest BCUT2D eigenvalue weighted by molar-refractivity contribution is 0.0934. The molecule has 4 rings (SSSR count). The molecule has 2 bridgehead atoms. The van der Waals surface area contributed by atoms with Crippen molar-refractivity contribution < 1.29 is 4.79 Å². The Bertz CT molecular complexity index is 546. The smallest absolute Gasteiger partial charge is 0.251 e. The maximum Gasteiger partial charge on any atom is 0.251 e. The summed E-state index contributed by atoms with van der Waals surface area (Å²) in [7, 11) is 0. The van der Waals surface area contributed by atoms with Gasteiger partial charge in [0.1, 0.15) is 0 Å². The third-order valence-corrected chi connectivity index (χ3v) is 6.68. The van der Waals surface area contributed by atoms with E-state index in [0.717, 1.165) is 37.0 Å². The molecule has 1 heterocycles. The number of carbonyl (C=O) groups excluding carboxylic acids is 1. The molecular weight excluding hydrogens is 296 g/mol. The molecule has 1 aliphatic heterocycles. The van der Waals surface area contributed by atoms with Crippen LogP contribution in [0.15, 0.2) is 24.3 Å². The quantitative estimate of drug-likeness (QED) is 0.885. The predicted octanol–water partition coefficient (Wildman–Crippen LogP) is 3.71. The molecule has 0 aromatic heterocycles. The summed E-state index contributed by atoms with van der Waals surface area (Å²) in [5, 5.41) is 6.72. The SMILES string of the molecule is O=C(NCC1C2CCC1CNC2)c1ccc(C2CCCCC2)cc1. The number of piperidine rings is 1. The normalized spacial score (nSPS) is 30.2. The van der Waals surface area contributed by atoms with Gasteiger partial charge in [0.15, 0.2) is 0 Å². The molecule has 2 atom stereocenters. The van der Waals surface area contributed by atoms with Gasteiger partial charge in [-0.15, -0.1) is 0 Å². The first-order chi connectivity index (χ1) is 11.8. The summed E-state index contributed by atoms with van der Waals surface area (Å²) >= 11 is 0. The van der Waals surface area contributed by atoms with E-state index in [2.05, 4.69) is 22.8 Å². The van der Waals surface area contributed by atoms with Crippen molar-refractivity contribution in [1.29, 1.82) is 0 Å². The Labute approximate surface area is 145 Å². The fraction of sp³-hybridized carbons (Fsp3) is 0.667. The Balaban J connectivity index is 1.33. The lowest BCUT2D eigenvalue weighted by Gasteiger charge is -2.30. The predicted molar refractivity (Wildman–Crippen MR) is 97.2 cm³/mol. The molecule has 1 amide bonds. The largest absolute Gasteiger partial charge is 0.352 e. The first kappa shape index (κ1) is 16.1. The van der Waals surface area contributed by atoms with Crippen molar-refractivity contribution in [3.8, 4) is 0 Å². The van der Waals surface area contributed by atoms with E-state index in [9.17, 15) is 4.79 Å². The van der Waals surface area contributed by atoms with Crippen molar-refractivity contribution in [2.24, 2.45) is 17.8 Å². The lowest BCUT2D eigenvalue weighted by atomic mass is 9.84. The maximum absolute atomic E-state index is 12.5. The van der Waals surface area contributed by atoms with Crippen molar-refractivity contribution in [3.05, 3.63) is 35.4 Å². The Morgan fingerprint density at radius 1 is 0.958 bits per heavy atom. The zero-order valence-corrected chi connectivity index (χ0v) is 14.6. The van der Waals surface area contributed by atoms with Crippen LogP contribution in [-0.2, 0) is 0 Å². The van der Waals surface area contributed by atoms with E-state index in [4.69, 9.17) is 0 Å². The minimum Gasteiger partial charge on any atom is -0.352 e. The standard InChI is InChI=1S/C21H30N2O/c24-21(23-14-20-18-10-11-19(20)13-22-12-18)17-8-6-16(7-9-17)15-4-2-1-3-5-15/h6-9,15,18-20,22H,1-5,10-14H2,(H,23,24). The second-order valence-electron chi connectivity index (χ2n) is 8.09. The summed E-state index contributed by atoms with van der Waals surface area (Å²) in [6.45, 7) is 3.11. The zero-order chi connectivity index (χ0) is 16.4. The van der Waals surface area contributed by atoms with Crippen LogP contribution in [0.25, 0.3) is 0 Å². The third kappa shape index (κ3) is 3.37. The maximum atomic E-state index is 12.5. The number of nitrogens with one attached hydrogen (secondary N) is 2. The Morgan fingerprint density at radius 2 is 1.62 bits per heavy atom. The molecule has 2 saturated carbocycles. The molecule has 3 heteroatoms. The highest BCUT2D eigenvalue weighted by Gasteiger charge is 2.38. The number of fused-ring (bicyclic) bond motifs is 2. The van der Waals surface area contributed by atoms with Crippen molar-refractivity contribution >= 4 is 5.91 Å². The Morgan fingerprint density at radius 3 is 2.29 bits per heavy atom. The van der Waals surface area contributed by atoms with Gasteiger partial charge in [-0.05, 0) is 80.1 Å². The summed E-state index contributed by atoms with van der Waals surface area (Å²) in [5.41, 5.74) is 2.23. The van der Waals surface area contributed by atoms with Gasteiger partial charge < -0.3 is 10.6 Å². The second kappa shape index (κ2) is 7.26. The minimum absolute atomic E-state index is 0.100. The van der Waals surface area contributed by atoms with Crippen molar-refractivity contribution in [3.63, 3.8) is 0 Å². The Hall–Kier alpha value is -1.35. The average molecular weight is 326 g/mol. The number of hydrogen-bond acceptors (Lipinski definition) is 2. The molecule has 24 heavy (non-hydrogen) atoms. The lowest BCUT2D eigenvalue weighted by Crippen LogP contribution is -2.43. The van der Waals surface area contributed by atoms with Crippen LogP contribution in [-0.4, -0.2) is 25.5 Å². The van der Waals surface area contributed by atoms with Crippen LogP contribution in [0.4, 0.5) is 0 Å². The molecule has 130 valence electrons. The van der Waals surface area contributed by atoms with Gasteiger partial charge in [0.25, 0.3) is 5.91 Å². The van der Waals surface area contributed by atoms with Gasteiger partial charge in [-0.1, -0.05) is 31.4 Å². The van der Waals surface area contributed by atoms with E-state index in [0.29, 0.717) is 11.8 Å². The summed E-state index contributed by atoms with van der Waals surface area (Å²) in [4.78, 5) is 12.5. The van der Waals surface area contributed by atoms with Gasteiger partial charge in [0, 0.05) is 12.1 Å². The molecule has 2 unspecified atom stereocenters. The number of benzene rings is 1. The van der Waals surface area contributed by atoms with Crippen LogP contribution in [0.5, 0.6) is 0 Å². The van der Waals surface area contributed by atoms with Crippen LogP contribution in [0.2, 0.25) is 0 Å². The first-order valence-corrected chi connectivity index (χ1v) is 9.90. The zero-order valence-electron chi connectivity index (χ0n) is 14.6. The highest BCUT2D eigenvalue weighted by molar-refractivity contribution is 5.94. The molecular formula is C21H30N2O. The highest BCUT2D eigenvalue weighted by atomic mass is 16.1. The Kier molecular flexibility index (Phi) is 4.88. The van der Waals surface area contributed by atoms with Gasteiger partial charge >= 0.3 is 0 Å². The van der Waals surface area contributed by atoms with Crippen LogP contribution in [0.1, 0.15) is 66.8 Å². The topological polar surface area (TPSA) is 41.1 Å². The molecule has 0 radical (unpaired) electrons. The third-order valence-electron chi connectivity index (χ3n) is 6.68. The first-order valence-electron chi connectivity index (χ1n) is 9.90. The van der Waals surface area contributed by atoms with E-state index in [-0.39, 0.29) is 5.91 Å². The molecule has 1 aromatic rings. The summed E-state index contributed by atoms with van der Waals surface area (Å²) in [5.74, 6) is 3.01. The van der Waals surface area contributed by atoms with Gasteiger partial charge in [-0.2, -0.15) is 0 Å². The molecule has 1 saturated heterocycles. The highest BCUT2D eigenvalue weighted by Crippen LogP contribution is 2.38. The number of hydrogen-bond donors (Lipinski definition) is 2. The van der Waals surface area contributed by atoms with Crippen LogP contribution >= 0.6 is 0 Å². The fourth-order valence-corrected chi connectivity index (χ4v) is 5.19. The van der Waals surface area contributed by atoms with Crippen LogP contribution in [0, 0.1) is 17.8 Å². The molecule has 2 aliphatic carbocycles. The monoisotopic (exact) mass is 326 g/mol. The average Bonchev–Trinajstić information content (AvgIpc) is 2.87. The number of rotatable bonds is 4. The van der Waals surface area contributed by atoms with E-state index in [1.54, 1.807) is 0 Å². The number of amides is 1. The fourth-order valence-electron chi connectivity index (χ4n) is 5.19. The summed E-state index contributed by atoms with van der Waals surface area (Å²) in [6, 6.07) is 8.41. The van der Waals surface area contributed by atoms with Gasteiger partial charge in [0.2, 0.25) is 0 Å². The molecule has 3 aliphatic rings. The van der Waals surface area contributed by atoms with E-state index in [1.807, 2.05) is 12.1 Å². The van der Waals surface area contributed by atoms with Gasteiger partial charge in [0.05, 0.1) is 0 Å². The van der Waals surface area contributed by atoms with Gasteiger partial charge in [-0.25, -0.2) is 0 Å². The van der Waals surface area contributed by atoms with E-state index >= 15 is 0 Å². The van der Waals surface area contributed by atoms with Gasteiger partial charge in [-0.3, -0.25) is 4.79 Å². The second-order valence-corrected chi connectivity index (χ2v) is 8.09. The molecule has 3 nitrogen and oxygen atoms in total. The van der Waals surface area contributed by atoms with Crippen molar-refractivity contribution in [1.82, 2.24) is 10.6 Å². The molecule has 2 N–H and O–H groups in total. The van der Waals surface area contributed by atoms with Crippen molar-refractivity contribution in [2.45, 2.75) is 50.9 Å². The van der Waals surface area contributed by atoms with E-state index in [1.165, 1.54) is 50.5 Å². The molecule has 1 aromatic carbocycles. The molecule has 0 spiro atoms.